The molecule has 0 heterocycles. The third kappa shape index (κ3) is 6.68. The normalized spacial score (nSPS) is 22.7. The third-order valence-electron chi connectivity index (χ3n) is 8.93. The van der Waals surface area contributed by atoms with Crippen LogP contribution in [0.15, 0.2) is 72.8 Å². The second-order valence-electron chi connectivity index (χ2n) is 11.3. The number of hydrogen-bond donors (Lipinski definition) is 1. The Morgan fingerprint density at radius 1 is 0.868 bits per heavy atom. The zero-order valence-corrected chi connectivity index (χ0v) is 23.5. The molecule has 2 aliphatic rings. The summed E-state index contributed by atoms with van der Waals surface area (Å²) in [4.78, 5) is 0. The number of rotatable bonds is 17. The van der Waals surface area contributed by atoms with Gasteiger partial charge in [-0.3, -0.25) is 0 Å². The van der Waals surface area contributed by atoms with Crippen LogP contribution in [-0.2, 0) is 9.47 Å². The topological polar surface area (TPSA) is 38.7 Å². The minimum atomic E-state index is -0.0922. The SMILES string of the molecule is C=C(c1ccccc1)C12CCC(OCOC)C1CC(CCCCCCCCCCCO)=C2c1ccccc1. The highest BCUT2D eigenvalue weighted by atomic mass is 16.7. The van der Waals surface area contributed by atoms with Crippen LogP contribution in [0, 0.1) is 11.3 Å². The largest absolute Gasteiger partial charge is 0.396 e. The first-order valence-corrected chi connectivity index (χ1v) is 15.0. The highest BCUT2D eigenvalue weighted by Gasteiger charge is 2.57. The Kier molecular flexibility index (Phi) is 11.2. The van der Waals surface area contributed by atoms with E-state index in [0.717, 1.165) is 32.1 Å². The Morgan fingerprint density at radius 2 is 1.47 bits per heavy atom. The number of unbranched alkanes of at least 4 members (excludes halogenated alkanes) is 8. The molecule has 3 unspecified atom stereocenters. The number of methoxy groups -OCH3 is 1. The van der Waals surface area contributed by atoms with Crippen molar-refractivity contribution in [3.05, 3.63) is 83.9 Å². The van der Waals surface area contributed by atoms with Gasteiger partial charge in [0, 0.05) is 25.0 Å². The molecule has 0 saturated heterocycles. The van der Waals surface area contributed by atoms with E-state index in [1.165, 1.54) is 73.6 Å². The van der Waals surface area contributed by atoms with Crippen LogP contribution in [0.2, 0.25) is 0 Å². The molecule has 0 spiro atoms. The van der Waals surface area contributed by atoms with Crippen LogP contribution < -0.4 is 0 Å². The van der Waals surface area contributed by atoms with E-state index in [9.17, 15) is 0 Å². The van der Waals surface area contributed by atoms with Crippen LogP contribution in [0.4, 0.5) is 0 Å². The van der Waals surface area contributed by atoms with Gasteiger partial charge in [0.05, 0.1) is 6.10 Å². The molecule has 38 heavy (non-hydrogen) atoms. The number of hydrogen-bond acceptors (Lipinski definition) is 3. The highest BCUT2D eigenvalue weighted by Crippen LogP contribution is 2.66. The van der Waals surface area contributed by atoms with Crippen molar-refractivity contribution in [1.29, 1.82) is 0 Å². The number of aliphatic hydroxyl groups is 1. The van der Waals surface area contributed by atoms with Gasteiger partial charge in [0.2, 0.25) is 0 Å². The van der Waals surface area contributed by atoms with Gasteiger partial charge in [-0.1, -0.05) is 118 Å². The van der Waals surface area contributed by atoms with Gasteiger partial charge in [0.1, 0.15) is 6.79 Å². The van der Waals surface area contributed by atoms with Crippen LogP contribution in [-0.4, -0.2) is 31.7 Å². The van der Waals surface area contributed by atoms with Crippen molar-refractivity contribution in [1.82, 2.24) is 0 Å². The van der Waals surface area contributed by atoms with Gasteiger partial charge in [-0.05, 0) is 60.8 Å². The van der Waals surface area contributed by atoms with Crippen molar-refractivity contribution in [2.24, 2.45) is 11.3 Å². The Bertz CT molecular complexity index is 1010. The summed E-state index contributed by atoms with van der Waals surface area (Å²) in [5, 5.41) is 8.94. The molecule has 0 bridgehead atoms. The molecule has 0 radical (unpaired) electrons. The summed E-state index contributed by atoms with van der Waals surface area (Å²) in [7, 11) is 1.72. The lowest BCUT2D eigenvalue weighted by molar-refractivity contribution is -0.0858. The van der Waals surface area contributed by atoms with Crippen molar-refractivity contribution in [3.63, 3.8) is 0 Å². The van der Waals surface area contributed by atoms with Crippen LogP contribution in [0.3, 0.4) is 0 Å². The summed E-state index contributed by atoms with van der Waals surface area (Å²) < 4.78 is 11.6. The van der Waals surface area contributed by atoms with Gasteiger partial charge in [-0.15, -0.1) is 0 Å². The highest BCUT2D eigenvalue weighted by molar-refractivity contribution is 5.90. The lowest BCUT2D eigenvalue weighted by Gasteiger charge is -2.37. The molecule has 0 amide bonds. The number of benzene rings is 2. The molecule has 3 nitrogen and oxygen atoms in total. The summed E-state index contributed by atoms with van der Waals surface area (Å²) >= 11 is 0. The molecule has 2 aromatic carbocycles. The first-order valence-electron chi connectivity index (χ1n) is 15.0. The second kappa shape index (κ2) is 14.8. The van der Waals surface area contributed by atoms with Gasteiger partial charge >= 0.3 is 0 Å². The predicted molar refractivity (Wildman–Crippen MR) is 159 cm³/mol. The van der Waals surface area contributed by atoms with E-state index in [1.54, 1.807) is 12.7 Å². The van der Waals surface area contributed by atoms with Gasteiger partial charge in [-0.2, -0.15) is 0 Å². The maximum Gasteiger partial charge on any atom is 0.146 e. The Balaban J connectivity index is 1.52. The van der Waals surface area contributed by atoms with E-state index in [1.807, 2.05) is 0 Å². The van der Waals surface area contributed by atoms with Crippen LogP contribution in [0.5, 0.6) is 0 Å². The minimum absolute atomic E-state index is 0.0922. The van der Waals surface area contributed by atoms with E-state index in [0.29, 0.717) is 19.3 Å². The monoisotopic (exact) mass is 516 g/mol. The van der Waals surface area contributed by atoms with Crippen molar-refractivity contribution >= 4 is 11.1 Å². The molecule has 2 aromatic rings. The Hall–Kier alpha value is -2.20. The van der Waals surface area contributed by atoms with Crippen LogP contribution in [0.1, 0.15) is 94.6 Å². The molecule has 2 aliphatic carbocycles. The average molecular weight is 517 g/mol. The zero-order chi connectivity index (χ0) is 26.6. The number of fused-ring (bicyclic) bond motifs is 1. The molecular formula is C35H48O3. The summed E-state index contributed by atoms with van der Waals surface area (Å²) in [5.41, 5.74) is 6.92. The number of aliphatic hydroxyl groups excluding tert-OH is 1. The van der Waals surface area contributed by atoms with Crippen LogP contribution >= 0.6 is 0 Å². The fraction of sp³-hybridized carbons (Fsp3) is 0.543. The molecule has 4 rings (SSSR count). The van der Waals surface area contributed by atoms with Gasteiger partial charge < -0.3 is 14.6 Å². The first-order chi connectivity index (χ1) is 18.7. The Labute approximate surface area is 231 Å². The molecule has 3 atom stereocenters. The van der Waals surface area contributed by atoms with Crippen LogP contribution in [0.25, 0.3) is 11.1 Å². The quantitative estimate of drug-likeness (QED) is 0.169. The smallest absolute Gasteiger partial charge is 0.146 e. The predicted octanol–water partition coefficient (Wildman–Crippen LogP) is 8.84. The van der Waals surface area contributed by atoms with Gasteiger partial charge in [-0.25, -0.2) is 0 Å². The fourth-order valence-electron chi connectivity index (χ4n) is 7.13. The zero-order valence-electron chi connectivity index (χ0n) is 23.5. The summed E-state index contributed by atoms with van der Waals surface area (Å²) in [5.74, 6) is 0.398. The molecule has 1 fully saturated rings. The third-order valence-corrected chi connectivity index (χ3v) is 8.93. The van der Waals surface area contributed by atoms with E-state index >= 15 is 0 Å². The molecule has 206 valence electrons. The van der Waals surface area contributed by atoms with E-state index < -0.39 is 0 Å². The second-order valence-corrected chi connectivity index (χ2v) is 11.3. The van der Waals surface area contributed by atoms with Gasteiger partial charge in [0.15, 0.2) is 0 Å². The fourth-order valence-corrected chi connectivity index (χ4v) is 7.13. The average Bonchev–Trinajstić information content (AvgIpc) is 3.48. The lowest BCUT2D eigenvalue weighted by Crippen LogP contribution is -2.30. The number of allylic oxidation sites excluding steroid dienone is 3. The molecule has 3 heteroatoms. The van der Waals surface area contributed by atoms with Crippen molar-refractivity contribution < 1.29 is 14.6 Å². The maximum atomic E-state index is 8.94. The molecule has 1 N–H and O–H groups in total. The summed E-state index contributed by atoms with van der Waals surface area (Å²) in [6, 6.07) is 21.9. The van der Waals surface area contributed by atoms with Crippen molar-refractivity contribution in [2.75, 3.05) is 20.5 Å². The van der Waals surface area contributed by atoms with E-state index in [4.69, 9.17) is 21.2 Å². The molecule has 0 aromatic heterocycles. The maximum absolute atomic E-state index is 8.94. The van der Waals surface area contributed by atoms with Gasteiger partial charge in [0.25, 0.3) is 0 Å². The van der Waals surface area contributed by atoms with E-state index in [-0.39, 0.29) is 11.5 Å². The Morgan fingerprint density at radius 3 is 2.11 bits per heavy atom. The van der Waals surface area contributed by atoms with Crippen molar-refractivity contribution in [2.45, 2.75) is 89.6 Å². The van der Waals surface area contributed by atoms with E-state index in [2.05, 4.69) is 60.7 Å². The van der Waals surface area contributed by atoms with Crippen molar-refractivity contribution in [3.8, 4) is 0 Å². The number of ether oxygens (including phenoxy) is 2. The summed E-state index contributed by atoms with van der Waals surface area (Å²) in [6.45, 7) is 5.47. The molecular weight excluding hydrogens is 468 g/mol. The summed E-state index contributed by atoms with van der Waals surface area (Å²) in [6.07, 6.45) is 15.8. The molecule has 0 aliphatic heterocycles. The molecule has 1 saturated carbocycles. The lowest BCUT2D eigenvalue weighted by atomic mass is 9.66. The minimum Gasteiger partial charge on any atom is -0.396 e. The standard InChI is InChI=1S/C35H48O3/c1-28(29-18-13-10-14-19-29)35-24-23-33(38-27-37-2)32(35)26-31(34(35)30-20-15-11-16-21-30)22-12-8-6-4-3-5-7-9-17-25-36/h10-11,13-16,18-21,32-33,36H,1,3-9,12,17,22-27H2,2H3. The first kappa shape index (κ1) is 28.8.